The van der Waals surface area contributed by atoms with Gasteiger partial charge < -0.3 is 9.84 Å². The summed E-state index contributed by atoms with van der Waals surface area (Å²) in [6.45, 7) is 2.04. The summed E-state index contributed by atoms with van der Waals surface area (Å²) in [5.74, 6) is 0.372. The van der Waals surface area contributed by atoms with Crippen molar-refractivity contribution in [2.75, 3.05) is 0 Å². The molecule has 1 amide bonds. The fraction of sp³-hybridized carbons (Fsp3) is 0.500. The molecule has 0 spiro atoms. The minimum Gasteiger partial charge on any atom is -0.348 e. The molecule has 1 atom stereocenters. The predicted molar refractivity (Wildman–Crippen MR) is 44.5 cm³/mol. The average molecular weight is 234 g/mol. The van der Waals surface area contributed by atoms with E-state index in [1.54, 1.807) is 6.92 Å². The van der Waals surface area contributed by atoms with Crippen molar-refractivity contribution in [1.82, 2.24) is 15.5 Å². The first-order valence-electron chi connectivity index (χ1n) is 3.37. The standard InChI is InChI=1S/C6H8BrN3O2/c1-4(7)6(11)8-2-5-9-3-12-10-5/h3-4H,2H2,1H3,(H,8,11). The highest BCUT2D eigenvalue weighted by atomic mass is 79.9. The van der Waals surface area contributed by atoms with Crippen LogP contribution in [0.1, 0.15) is 12.7 Å². The van der Waals surface area contributed by atoms with E-state index in [0.29, 0.717) is 12.4 Å². The van der Waals surface area contributed by atoms with Crippen LogP contribution in [0.4, 0.5) is 0 Å². The molecule has 1 aromatic rings. The van der Waals surface area contributed by atoms with Crippen molar-refractivity contribution >= 4 is 21.8 Å². The zero-order valence-corrected chi connectivity index (χ0v) is 8.04. The molecule has 1 unspecified atom stereocenters. The molecule has 0 saturated heterocycles. The van der Waals surface area contributed by atoms with E-state index in [4.69, 9.17) is 0 Å². The Morgan fingerprint density at radius 3 is 3.17 bits per heavy atom. The molecule has 1 aromatic heterocycles. The SMILES string of the molecule is CC(Br)C(=O)NCc1ncon1. The summed E-state index contributed by atoms with van der Waals surface area (Å²) in [5, 5.41) is 6.15. The lowest BCUT2D eigenvalue weighted by molar-refractivity contribution is -0.120. The molecular formula is C6H8BrN3O2. The van der Waals surface area contributed by atoms with Crippen LogP contribution in [0.15, 0.2) is 10.9 Å². The molecule has 0 aliphatic carbocycles. The van der Waals surface area contributed by atoms with Crippen LogP contribution in [0.25, 0.3) is 0 Å². The summed E-state index contributed by atoms with van der Waals surface area (Å²) in [6, 6.07) is 0. The van der Waals surface area contributed by atoms with Crippen molar-refractivity contribution in [3.8, 4) is 0 Å². The van der Waals surface area contributed by atoms with Gasteiger partial charge in [-0.25, -0.2) is 0 Å². The van der Waals surface area contributed by atoms with E-state index in [-0.39, 0.29) is 10.7 Å². The van der Waals surface area contributed by atoms with Crippen LogP contribution in [-0.2, 0) is 11.3 Å². The number of aromatic nitrogens is 2. The Morgan fingerprint density at radius 1 is 1.92 bits per heavy atom. The summed E-state index contributed by atoms with van der Waals surface area (Å²) in [5.41, 5.74) is 0. The van der Waals surface area contributed by atoms with Gasteiger partial charge in [0.1, 0.15) is 0 Å². The first-order chi connectivity index (χ1) is 5.70. The van der Waals surface area contributed by atoms with E-state index in [0.717, 1.165) is 0 Å². The summed E-state index contributed by atoms with van der Waals surface area (Å²) in [6.07, 6.45) is 1.22. The number of carbonyl (C=O) groups is 1. The second-order valence-electron chi connectivity index (χ2n) is 2.18. The second kappa shape index (κ2) is 4.20. The van der Waals surface area contributed by atoms with Gasteiger partial charge in [-0.1, -0.05) is 21.1 Å². The van der Waals surface area contributed by atoms with Crippen LogP contribution >= 0.6 is 15.9 Å². The normalized spacial score (nSPS) is 12.5. The number of nitrogens with zero attached hydrogens (tertiary/aromatic N) is 2. The van der Waals surface area contributed by atoms with Crippen molar-refractivity contribution in [2.45, 2.75) is 18.3 Å². The molecule has 0 saturated carbocycles. The number of amides is 1. The zero-order valence-electron chi connectivity index (χ0n) is 6.45. The molecule has 6 heteroatoms. The molecule has 1 N–H and O–H groups in total. The highest BCUT2D eigenvalue weighted by molar-refractivity contribution is 9.10. The lowest BCUT2D eigenvalue weighted by Crippen LogP contribution is -2.29. The van der Waals surface area contributed by atoms with Crippen LogP contribution in [-0.4, -0.2) is 20.9 Å². The number of hydrogen-bond acceptors (Lipinski definition) is 4. The quantitative estimate of drug-likeness (QED) is 0.772. The Labute approximate surface area is 77.7 Å². The smallest absolute Gasteiger partial charge is 0.233 e. The fourth-order valence-corrected chi connectivity index (χ4v) is 0.739. The maximum Gasteiger partial charge on any atom is 0.233 e. The van der Waals surface area contributed by atoms with E-state index in [9.17, 15) is 4.79 Å². The van der Waals surface area contributed by atoms with Gasteiger partial charge in [0.05, 0.1) is 11.4 Å². The van der Waals surface area contributed by atoms with Gasteiger partial charge in [0.25, 0.3) is 0 Å². The van der Waals surface area contributed by atoms with Crippen LogP contribution in [0.2, 0.25) is 0 Å². The van der Waals surface area contributed by atoms with Crippen molar-refractivity contribution in [3.05, 3.63) is 12.2 Å². The van der Waals surface area contributed by atoms with Crippen molar-refractivity contribution < 1.29 is 9.32 Å². The molecule has 0 radical (unpaired) electrons. The molecule has 0 aliphatic rings. The van der Waals surface area contributed by atoms with Gasteiger partial charge in [-0.2, -0.15) is 4.98 Å². The van der Waals surface area contributed by atoms with Crippen molar-refractivity contribution in [1.29, 1.82) is 0 Å². The van der Waals surface area contributed by atoms with Crippen LogP contribution in [0.3, 0.4) is 0 Å². The van der Waals surface area contributed by atoms with Gasteiger partial charge in [0, 0.05) is 0 Å². The Bertz CT molecular complexity index is 247. The predicted octanol–water partition coefficient (Wildman–Crippen LogP) is 0.469. The Morgan fingerprint density at radius 2 is 2.67 bits per heavy atom. The molecule has 0 bridgehead atoms. The maximum atomic E-state index is 11.0. The van der Waals surface area contributed by atoms with Crippen LogP contribution < -0.4 is 5.32 Å². The lowest BCUT2D eigenvalue weighted by Gasteiger charge is -2.02. The second-order valence-corrected chi connectivity index (χ2v) is 3.55. The third-order valence-corrected chi connectivity index (χ3v) is 1.60. The fourth-order valence-electron chi connectivity index (χ4n) is 0.577. The van der Waals surface area contributed by atoms with Crippen molar-refractivity contribution in [3.63, 3.8) is 0 Å². The molecule has 1 rings (SSSR count). The van der Waals surface area contributed by atoms with E-state index < -0.39 is 0 Å². The average Bonchev–Trinajstić information content (AvgIpc) is 2.51. The molecule has 0 aliphatic heterocycles. The number of alkyl halides is 1. The van der Waals surface area contributed by atoms with Crippen molar-refractivity contribution in [2.24, 2.45) is 0 Å². The highest BCUT2D eigenvalue weighted by Crippen LogP contribution is 1.96. The largest absolute Gasteiger partial charge is 0.348 e. The molecule has 12 heavy (non-hydrogen) atoms. The van der Waals surface area contributed by atoms with Gasteiger partial charge >= 0.3 is 0 Å². The monoisotopic (exact) mass is 233 g/mol. The number of hydrogen-bond donors (Lipinski definition) is 1. The topological polar surface area (TPSA) is 68.0 Å². The third-order valence-electron chi connectivity index (χ3n) is 1.19. The van der Waals surface area contributed by atoms with Gasteiger partial charge in [-0.05, 0) is 6.92 Å². The number of carbonyl (C=O) groups excluding carboxylic acids is 1. The molecule has 5 nitrogen and oxygen atoms in total. The summed E-state index contributed by atoms with van der Waals surface area (Å²) in [7, 11) is 0. The summed E-state index contributed by atoms with van der Waals surface area (Å²) in [4.78, 5) is 14.5. The van der Waals surface area contributed by atoms with Crippen LogP contribution in [0, 0.1) is 0 Å². The van der Waals surface area contributed by atoms with E-state index in [2.05, 4.69) is 35.9 Å². The van der Waals surface area contributed by atoms with Gasteiger partial charge in [-0.3, -0.25) is 4.79 Å². The third kappa shape index (κ3) is 2.61. The molecular weight excluding hydrogens is 226 g/mol. The van der Waals surface area contributed by atoms with E-state index in [1.807, 2.05) is 0 Å². The number of rotatable bonds is 3. The molecule has 1 heterocycles. The van der Waals surface area contributed by atoms with Gasteiger partial charge in [0.15, 0.2) is 5.82 Å². The minimum atomic E-state index is -0.204. The summed E-state index contributed by atoms with van der Waals surface area (Å²) >= 11 is 3.13. The minimum absolute atomic E-state index is 0.0974. The van der Waals surface area contributed by atoms with E-state index >= 15 is 0 Å². The summed E-state index contributed by atoms with van der Waals surface area (Å²) < 4.78 is 4.48. The Hall–Kier alpha value is -0.910. The first kappa shape index (κ1) is 9.18. The molecule has 66 valence electrons. The highest BCUT2D eigenvalue weighted by Gasteiger charge is 2.08. The molecule has 0 fully saturated rings. The number of nitrogens with one attached hydrogen (secondary N) is 1. The van der Waals surface area contributed by atoms with E-state index in [1.165, 1.54) is 6.39 Å². The Kier molecular flexibility index (Phi) is 3.21. The Balaban J connectivity index is 2.32. The molecule has 0 aromatic carbocycles. The number of halogens is 1. The van der Waals surface area contributed by atoms with Crippen LogP contribution in [0.5, 0.6) is 0 Å². The first-order valence-corrected chi connectivity index (χ1v) is 4.28. The zero-order chi connectivity index (χ0) is 8.97. The van der Waals surface area contributed by atoms with Gasteiger partial charge in [-0.15, -0.1) is 0 Å². The van der Waals surface area contributed by atoms with Gasteiger partial charge in [0.2, 0.25) is 12.3 Å². The lowest BCUT2D eigenvalue weighted by atomic mass is 10.4. The maximum absolute atomic E-state index is 11.0.